The molecule has 0 radical (unpaired) electrons. The molecule has 0 fully saturated rings. The number of carbonyl (C=O) groups is 1. The van der Waals surface area contributed by atoms with Crippen LogP contribution in [0.4, 0.5) is 13.2 Å². The van der Waals surface area contributed by atoms with Crippen molar-refractivity contribution in [3.8, 4) is 17.7 Å². The number of hydrogen-bond acceptors (Lipinski definition) is 7. The monoisotopic (exact) mass is 379 g/mol. The average molecular weight is 379 g/mol. The van der Waals surface area contributed by atoms with Gasteiger partial charge in [0.15, 0.2) is 0 Å². The Labute approximate surface area is 149 Å². The van der Waals surface area contributed by atoms with Gasteiger partial charge >= 0.3 is 6.18 Å². The van der Waals surface area contributed by atoms with E-state index in [9.17, 15) is 28.3 Å². The Morgan fingerprint density at radius 2 is 2.07 bits per heavy atom. The lowest BCUT2D eigenvalue weighted by atomic mass is 9.84. The molecule has 2 heterocycles. The van der Waals surface area contributed by atoms with E-state index in [0.717, 1.165) is 0 Å². The van der Waals surface area contributed by atoms with Crippen LogP contribution in [0.5, 0.6) is 11.6 Å². The maximum atomic E-state index is 13.3. The summed E-state index contributed by atoms with van der Waals surface area (Å²) in [5.74, 6) is -3.17. The smallest absolute Gasteiger partial charge is 0.433 e. The lowest BCUT2D eigenvalue weighted by Gasteiger charge is -2.24. The summed E-state index contributed by atoms with van der Waals surface area (Å²) in [4.78, 5) is 10.4. The van der Waals surface area contributed by atoms with Gasteiger partial charge in [-0.2, -0.15) is 18.4 Å². The highest BCUT2D eigenvalue weighted by Crippen LogP contribution is 2.46. The second kappa shape index (κ2) is 6.56. The number of fused-ring (bicyclic) bond motifs is 1. The molecule has 8 nitrogen and oxygen atoms in total. The molecule has 27 heavy (non-hydrogen) atoms. The summed E-state index contributed by atoms with van der Waals surface area (Å²) in [6.45, 7) is -0.684. The topological polar surface area (TPSA) is 137 Å². The highest BCUT2D eigenvalue weighted by molar-refractivity contribution is 5.66. The third kappa shape index (κ3) is 3.37. The number of carboxylic acid groups (broad SMARTS) is 1. The Hall–Kier alpha value is -3.68. The number of aromatic amines is 1. The molecule has 0 saturated heterocycles. The Morgan fingerprint density at radius 1 is 1.41 bits per heavy atom. The Balaban J connectivity index is 2.07. The Morgan fingerprint density at radius 3 is 2.63 bits per heavy atom. The van der Waals surface area contributed by atoms with E-state index in [-0.39, 0.29) is 34.2 Å². The number of carboxylic acids is 1. The quantitative estimate of drug-likeness (QED) is 0.800. The fourth-order valence-corrected chi connectivity index (χ4v) is 2.69. The highest BCUT2D eigenvalue weighted by atomic mass is 19.4. The van der Waals surface area contributed by atoms with Crippen LogP contribution in [0.25, 0.3) is 0 Å². The number of nitrogens with zero attached hydrogens (tertiary/aromatic N) is 2. The molecule has 1 aromatic heterocycles. The fraction of sp³-hybridized carbons (Fsp3) is 0.188. The van der Waals surface area contributed by atoms with Crippen molar-refractivity contribution in [1.82, 2.24) is 10.2 Å². The molecule has 0 spiro atoms. The number of halogens is 3. The largest absolute Gasteiger partial charge is 0.546 e. The minimum atomic E-state index is -4.76. The van der Waals surface area contributed by atoms with Crippen LogP contribution in [0.2, 0.25) is 0 Å². The van der Waals surface area contributed by atoms with E-state index in [0.29, 0.717) is 0 Å². The molecular formula is C16H10F3N4O4-. The normalized spacial score (nSPS) is 16.3. The van der Waals surface area contributed by atoms with E-state index in [1.165, 1.54) is 24.3 Å². The Kier molecular flexibility index (Phi) is 4.40. The zero-order chi connectivity index (χ0) is 19.8. The van der Waals surface area contributed by atoms with Crippen molar-refractivity contribution in [2.45, 2.75) is 12.1 Å². The van der Waals surface area contributed by atoms with Gasteiger partial charge in [-0.3, -0.25) is 5.10 Å². The zero-order valence-electron chi connectivity index (χ0n) is 13.3. The number of benzene rings is 1. The summed E-state index contributed by atoms with van der Waals surface area (Å²) in [6, 6.07) is 7.26. The predicted molar refractivity (Wildman–Crippen MR) is 79.8 cm³/mol. The summed E-state index contributed by atoms with van der Waals surface area (Å²) in [5.41, 5.74) is 4.22. The second-order valence-corrected chi connectivity index (χ2v) is 5.47. The van der Waals surface area contributed by atoms with Crippen molar-refractivity contribution in [3.63, 3.8) is 0 Å². The molecule has 1 aliphatic rings. The first kappa shape index (κ1) is 18.1. The molecule has 3 rings (SSSR count). The number of aliphatic carboxylic acids is 1. The number of allylic oxidation sites excluding steroid dienone is 1. The highest BCUT2D eigenvalue weighted by Gasteiger charge is 2.44. The van der Waals surface area contributed by atoms with Crippen molar-refractivity contribution < 1.29 is 32.5 Å². The number of nitrogens with two attached hydrogens (primary N) is 1. The van der Waals surface area contributed by atoms with Crippen molar-refractivity contribution in [2.75, 3.05) is 6.61 Å². The SMILES string of the molecule is N#CC1=C(N)Oc2n[nH]c(C(F)(F)F)c2[C@@H]1c1ccc(OCC(=O)[O-])cc1. The van der Waals surface area contributed by atoms with Gasteiger partial charge in [0.25, 0.3) is 0 Å². The zero-order valence-corrected chi connectivity index (χ0v) is 13.3. The van der Waals surface area contributed by atoms with Gasteiger partial charge in [-0.15, -0.1) is 5.10 Å². The number of hydrogen-bond donors (Lipinski definition) is 2. The molecule has 0 saturated carbocycles. The molecule has 2 aromatic rings. The van der Waals surface area contributed by atoms with Gasteiger partial charge in [-0.25, -0.2) is 0 Å². The summed E-state index contributed by atoms with van der Waals surface area (Å²) in [7, 11) is 0. The standard InChI is InChI=1S/C16H11F3N4O4/c17-16(18,19)13-12-11(9(5-20)14(21)27-15(12)23-22-13)7-1-3-8(4-2-7)26-6-10(24)25/h1-4,11H,6,21H2,(H,22,23)(H,24,25)/p-1/t11-/m1/s1. The summed E-state index contributed by atoms with van der Waals surface area (Å²) < 4.78 is 50.0. The number of rotatable bonds is 4. The lowest BCUT2D eigenvalue weighted by Crippen LogP contribution is -2.28. The minimum Gasteiger partial charge on any atom is -0.546 e. The molecule has 11 heteroatoms. The van der Waals surface area contributed by atoms with E-state index >= 15 is 0 Å². The molecule has 0 bridgehead atoms. The van der Waals surface area contributed by atoms with Gasteiger partial charge in [0, 0.05) is 0 Å². The third-order valence-electron chi connectivity index (χ3n) is 3.79. The average Bonchev–Trinajstić information content (AvgIpc) is 3.02. The van der Waals surface area contributed by atoms with E-state index in [1.54, 1.807) is 6.07 Å². The number of aromatic nitrogens is 2. The van der Waals surface area contributed by atoms with Gasteiger partial charge in [-0.1, -0.05) is 12.1 Å². The maximum Gasteiger partial charge on any atom is 0.433 e. The molecular weight excluding hydrogens is 369 g/mol. The first-order valence-corrected chi connectivity index (χ1v) is 7.38. The van der Waals surface area contributed by atoms with Crippen molar-refractivity contribution in [3.05, 3.63) is 52.5 Å². The van der Waals surface area contributed by atoms with Crippen molar-refractivity contribution >= 4 is 5.97 Å². The number of H-pyrrole nitrogens is 1. The second-order valence-electron chi connectivity index (χ2n) is 5.47. The summed E-state index contributed by atoms with van der Waals surface area (Å²) in [6.07, 6.45) is -4.76. The van der Waals surface area contributed by atoms with E-state index in [2.05, 4.69) is 5.10 Å². The van der Waals surface area contributed by atoms with Crippen molar-refractivity contribution in [2.24, 2.45) is 5.73 Å². The lowest BCUT2D eigenvalue weighted by molar-refractivity contribution is -0.307. The first-order valence-electron chi connectivity index (χ1n) is 7.38. The van der Waals surface area contributed by atoms with E-state index < -0.39 is 30.4 Å². The molecule has 0 aliphatic carbocycles. The molecule has 1 aromatic carbocycles. The van der Waals surface area contributed by atoms with Crippen LogP contribution in [0.3, 0.4) is 0 Å². The van der Waals surface area contributed by atoms with E-state index in [1.807, 2.05) is 5.10 Å². The summed E-state index contributed by atoms with van der Waals surface area (Å²) in [5, 5.41) is 25.2. The van der Waals surface area contributed by atoms with Gasteiger partial charge in [0.05, 0.1) is 17.5 Å². The number of carbonyl (C=O) groups excluding carboxylic acids is 1. The maximum absolute atomic E-state index is 13.3. The van der Waals surface area contributed by atoms with Crippen molar-refractivity contribution in [1.29, 1.82) is 5.26 Å². The van der Waals surface area contributed by atoms with Crippen LogP contribution in [-0.2, 0) is 11.0 Å². The van der Waals surface area contributed by atoms with Crippen LogP contribution < -0.4 is 20.3 Å². The number of alkyl halides is 3. The van der Waals surface area contributed by atoms with E-state index in [4.69, 9.17) is 15.2 Å². The number of nitriles is 1. The molecule has 3 N–H and O–H groups in total. The predicted octanol–water partition coefficient (Wildman–Crippen LogP) is 0.775. The summed E-state index contributed by atoms with van der Waals surface area (Å²) >= 11 is 0. The number of nitrogens with one attached hydrogen (secondary N) is 1. The Bertz CT molecular complexity index is 958. The molecule has 1 aliphatic heterocycles. The van der Waals surface area contributed by atoms with Gasteiger partial charge < -0.3 is 25.1 Å². The fourth-order valence-electron chi connectivity index (χ4n) is 2.69. The van der Waals surface area contributed by atoms with Crippen LogP contribution in [0.1, 0.15) is 22.7 Å². The third-order valence-corrected chi connectivity index (χ3v) is 3.79. The van der Waals surface area contributed by atoms with Gasteiger partial charge in [0.2, 0.25) is 11.8 Å². The van der Waals surface area contributed by atoms with Crippen LogP contribution in [-0.4, -0.2) is 22.8 Å². The molecule has 0 unspecified atom stereocenters. The van der Waals surface area contributed by atoms with Crippen LogP contribution >= 0.6 is 0 Å². The number of ether oxygens (including phenoxy) is 2. The molecule has 0 amide bonds. The first-order chi connectivity index (χ1) is 12.7. The van der Waals surface area contributed by atoms with Gasteiger partial charge in [-0.05, 0) is 17.7 Å². The van der Waals surface area contributed by atoms with Gasteiger partial charge in [0.1, 0.15) is 29.7 Å². The van der Waals surface area contributed by atoms with Crippen LogP contribution in [0, 0.1) is 11.3 Å². The molecule has 140 valence electrons. The minimum absolute atomic E-state index is 0.161. The molecule has 1 atom stereocenters. The van der Waals surface area contributed by atoms with Crippen LogP contribution in [0.15, 0.2) is 35.7 Å².